The third-order valence-corrected chi connectivity index (χ3v) is 3.46. The van der Waals surface area contributed by atoms with Crippen molar-refractivity contribution >= 4 is 11.9 Å². The summed E-state index contributed by atoms with van der Waals surface area (Å²) in [6.07, 6.45) is 4.30. The Hall–Kier alpha value is -2.04. The van der Waals surface area contributed by atoms with Gasteiger partial charge in [0.25, 0.3) is 5.91 Å². The first kappa shape index (κ1) is 15.4. The van der Waals surface area contributed by atoms with Gasteiger partial charge in [0.05, 0.1) is 6.61 Å². The lowest BCUT2D eigenvalue weighted by Gasteiger charge is -2.13. The molecule has 2 rings (SSSR count). The van der Waals surface area contributed by atoms with Crippen molar-refractivity contribution in [3.63, 3.8) is 0 Å². The van der Waals surface area contributed by atoms with Crippen molar-refractivity contribution < 1.29 is 19.1 Å². The smallest absolute Gasteiger partial charge is 0.342 e. The fraction of sp³-hybridized carbons (Fsp3) is 0.500. The Labute approximate surface area is 124 Å². The molecule has 1 amide bonds. The maximum Gasteiger partial charge on any atom is 0.342 e. The van der Waals surface area contributed by atoms with Crippen LogP contribution in [0.2, 0.25) is 0 Å². The van der Waals surface area contributed by atoms with Crippen molar-refractivity contribution in [1.82, 2.24) is 5.32 Å². The van der Waals surface area contributed by atoms with Crippen molar-refractivity contribution in [3.8, 4) is 5.75 Å². The predicted molar refractivity (Wildman–Crippen MR) is 78.3 cm³/mol. The number of benzene rings is 1. The van der Waals surface area contributed by atoms with E-state index in [9.17, 15) is 9.59 Å². The molecular weight excluding hydrogens is 270 g/mol. The lowest BCUT2D eigenvalue weighted by atomic mass is 10.2. The van der Waals surface area contributed by atoms with Gasteiger partial charge >= 0.3 is 5.97 Å². The summed E-state index contributed by atoms with van der Waals surface area (Å²) in [7, 11) is 0. The van der Waals surface area contributed by atoms with Gasteiger partial charge in [-0.3, -0.25) is 4.79 Å². The van der Waals surface area contributed by atoms with E-state index in [1.165, 1.54) is 0 Å². The molecule has 0 bridgehead atoms. The van der Waals surface area contributed by atoms with Crippen LogP contribution in [0.4, 0.5) is 0 Å². The molecule has 0 atom stereocenters. The van der Waals surface area contributed by atoms with Gasteiger partial charge in [-0.15, -0.1) is 0 Å². The molecule has 0 saturated heterocycles. The first-order valence-electron chi connectivity index (χ1n) is 7.39. The van der Waals surface area contributed by atoms with Gasteiger partial charge in [-0.25, -0.2) is 4.79 Å². The van der Waals surface area contributed by atoms with E-state index in [1.54, 1.807) is 24.3 Å². The van der Waals surface area contributed by atoms with Crippen LogP contribution in [0, 0.1) is 0 Å². The zero-order valence-corrected chi connectivity index (χ0v) is 12.3. The molecule has 0 aliphatic heterocycles. The van der Waals surface area contributed by atoms with Crippen molar-refractivity contribution in [2.45, 2.75) is 38.6 Å². The maximum atomic E-state index is 12.0. The molecule has 1 aliphatic rings. The number of nitrogens with one attached hydrogen (secondary N) is 1. The molecule has 0 heterocycles. The summed E-state index contributed by atoms with van der Waals surface area (Å²) in [6, 6.07) is 7.08. The molecule has 1 aromatic carbocycles. The Balaban J connectivity index is 1.85. The highest BCUT2D eigenvalue weighted by atomic mass is 16.5. The largest absolute Gasteiger partial charge is 0.493 e. The molecule has 21 heavy (non-hydrogen) atoms. The fourth-order valence-corrected chi connectivity index (χ4v) is 2.46. The van der Waals surface area contributed by atoms with Gasteiger partial charge in [0.15, 0.2) is 6.61 Å². The first-order valence-corrected chi connectivity index (χ1v) is 7.39. The number of amides is 1. The van der Waals surface area contributed by atoms with Gasteiger partial charge in [0, 0.05) is 6.04 Å². The Kier molecular flexibility index (Phi) is 5.60. The van der Waals surface area contributed by atoms with Gasteiger partial charge < -0.3 is 14.8 Å². The Morgan fingerprint density at radius 1 is 1.24 bits per heavy atom. The summed E-state index contributed by atoms with van der Waals surface area (Å²) in [4.78, 5) is 23.7. The third kappa shape index (κ3) is 4.48. The molecule has 1 N–H and O–H groups in total. The zero-order chi connectivity index (χ0) is 15.1. The van der Waals surface area contributed by atoms with Crippen molar-refractivity contribution in [2.75, 3.05) is 13.2 Å². The van der Waals surface area contributed by atoms with Crippen LogP contribution >= 0.6 is 0 Å². The van der Waals surface area contributed by atoms with Crippen LogP contribution in [0.25, 0.3) is 0 Å². The molecule has 0 aromatic heterocycles. The summed E-state index contributed by atoms with van der Waals surface area (Å²) in [5.41, 5.74) is 0.341. The highest BCUT2D eigenvalue weighted by molar-refractivity contribution is 5.94. The van der Waals surface area contributed by atoms with Gasteiger partial charge in [0.1, 0.15) is 11.3 Å². The van der Waals surface area contributed by atoms with Gasteiger partial charge in [-0.2, -0.15) is 0 Å². The average molecular weight is 291 g/mol. The second-order valence-corrected chi connectivity index (χ2v) is 5.05. The van der Waals surface area contributed by atoms with Gasteiger partial charge in [0.2, 0.25) is 0 Å². The molecule has 1 fully saturated rings. The Morgan fingerprint density at radius 3 is 2.67 bits per heavy atom. The monoisotopic (exact) mass is 291 g/mol. The lowest BCUT2D eigenvalue weighted by molar-refractivity contribution is -0.124. The molecule has 5 nitrogen and oxygen atoms in total. The van der Waals surface area contributed by atoms with E-state index >= 15 is 0 Å². The number of carbonyl (C=O) groups is 2. The van der Waals surface area contributed by atoms with E-state index in [0.717, 1.165) is 25.7 Å². The molecule has 1 aliphatic carbocycles. The minimum Gasteiger partial charge on any atom is -0.493 e. The Bertz CT molecular complexity index is 495. The summed E-state index contributed by atoms with van der Waals surface area (Å²) < 4.78 is 10.4. The number of hydrogen-bond donors (Lipinski definition) is 1. The maximum absolute atomic E-state index is 12.0. The van der Waals surface area contributed by atoms with Crippen LogP contribution in [0.3, 0.4) is 0 Å². The Morgan fingerprint density at radius 2 is 1.95 bits per heavy atom. The lowest BCUT2D eigenvalue weighted by Crippen LogP contribution is -2.35. The number of rotatable bonds is 6. The number of esters is 1. The van der Waals surface area contributed by atoms with E-state index < -0.39 is 5.97 Å². The number of hydrogen-bond acceptors (Lipinski definition) is 4. The zero-order valence-electron chi connectivity index (χ0n) is 12.3. The molecule has 0 unspecified atom stereocenters. The number of carbonyl (C=O) groups excluding carboxylic acids is 2. The normalized spacial score (nSPS) is 14.7. The van der Waals surface area contributed by atoms with Crippen molar-refractivity contribution in [1.29, 1.82) is 0 Å². The third-order valence-electron chi connectivity index (χ3n) is 3.46. The molecule has 1 saturated carbocycles. The topological polar surface area (TPSA) is 64.6 Å². The van der Waals surface area contributed by atoms with E-state index in [-0.39, 0.29) is 18.6 Å². The highest BCUT2D eigenvalue weighted by Gasteiger charge is 2.19. The molecule has 0 radical (unpaired) electrons. The van der Waals surface area contributed by atoms with Crippen molar-refractivity contribution in [2.24, 2.45) is 0 Å². The van der Waals surface area contributed by atoms with Gasteiger partial charge in [-0.1, -0.05) is 25.0 Å². The summed E-state index contributed by atoms with van der Waals surface area (Å²) in [5.74, 6) is -0.314. The predicted octanol–water partition coefficient (Wildman–Crippen LogP) is 2.30. The molecule has 0 spiro atoms. The van der Waals surface area contributed by atoms with E-state index in [2.05, 4.69) is 5.32 Å². The van der Waals surface area contributed by atoms with E-state index in [4.69, 9.17) is 9.47 Å². The van der Waals surface area contributed by atoms with E-state index in [0.29, 0.717) is 17.9 Å². The molecule has 5 heteroatoms. The fourth-order valence-electron chi connectivity index (χ4n) is 2.46. The van der Waals surface area contributed by atoms with Crippen LogP contribution in [-0.2, 0) is 9.53 Å². The van der Waals surface area contributed by atoms with Crippen LogP contribution in [0.1, 0.15) is 43.0 Å². The van der Waals surface area contributed by atoms with Crippen LogP contribution < -0.4 is 10.1 Å². The summed E-state index contributed by atoms with van der Waals surface area (Å²) in [6.45, 7) is 2.05. The second kappa shape index (κ2) is 7.67. The van der Waals surface area contributed by atoms with Crippen LogP contribution in [0.5, 0.6) is 5.75 Å². The average Bonchev–Trinajstić information content (AvgIpc) is 2.98. The molecule has 1 aromatic rings. The van der Waals surface area contributed by atoms with E-state index in [1.807, 2.05) is 6.92 Å². The minimum atomic E-state index is -0.541. The summed E-state index contributed by atoms with van der Waals surface area (Å²) in [5, 5.41) is 2.88. The SMILES string of the molecule is CCOc1ccccc1C(=O)OCC(=O)NC1CCCC1. The number of ether oxygens (including phenoxy) is 2. The van der Waals surface area contributed by atoms with Crippen LogP contribution in [-0.4, -0.2) is 31.1 Å². The number of para-hydroxylation sites is 1. The molecular formula is C16H21NO4. The first-order chi connectivity index (χ1) is 10.2. The second-order valence-electron chi connectivity index (χ2n) is 5.05. The van der Waals surface area contributed by atoms with Crippen molar-refractivity contribution in [3.05, 3.63) is 29.8 Å². The van der Waals surface area contributed by atoms with Crippen LogP contribution in [0.15, 0.2) is 24.3 Å². The standard InChI is InChI=1S/C16H21NO4/c1-2-20-14-10-6-5-9-13(14)16(19)21-11-15(18)17-12-7-3-4-8-12/h5-6,9-10,12H,2-4,7-8,11H2,1H3,(H,17,18). The summed E-state index contributed by atoms with van der Waals surface area (Å²) >= 11 is 0. The minimum absolute atomic E-state index is 0.229. The van der Waals surface area contributed by atoms with Gasteiger partial charge in [-0.05, 0) is 31.9 Å². The highest BCUT2D eigenvalue weighted by Crippen LogP contribution is 2.19. The quantitative estimate of drug-likeness (QED) is 0.817. The molecule has 114 valence electrons.